The van der Waals surface area contributed by atoms with Crippen molar-refractivity contribution in [1.29, 1.82) is 0 Å². The zero-order valence-corrected chi connectivity index (χ0v) is 15.3. The van der Waals surface area contributed by atoms with Crippen molar-refractivity contribution in [2.24, 2.45) is 4.99 Å². The van der Waals surface area contributed by atoms with Crippen LogP contribution in [0, 0.1) is 0 Å². The molecule has 0 aliphatic rings. The Balaban J connectivity index is 2.06. The number of aliphatic imine (C=N–C) groups is 1. The number of hydrogen-bond donors (Lipinski definition) is 1. The standard InChI is InChI=1S/C19H26N4O2/c1-5-20-19(21-13-16-7-6-8-18(22-16)25-4)23(2)14-15-9-11-17(24-3)12-10-15/h6-12H,5,13-14H2,1-4H3,(H,20,21). The Hall–Kier alpha value is -2.76. The van der Waals surface area contributed by atoms with Gasteiger partial charge in [-0.15, -0.1) is 0 Å². The number of nitrogens with one attached hydrogen (secondary N) is 1. The summed E-state index contributed by atoms with van der Waals surface area (Å²) in [5.74, 6) is 2.29. The fourth-order valence-electron chi connectivity index (χ4n) is 2.36. The first-order valence-corrected chi connectivity index (χ1v) is 8.28. The summed E-state index contributed by atoms with van der Waals surface area (Å²) in [6, 6.07) is 13.7. The first-order chi connectivity index (χ1) is 12.2. The highest BCUT2D eigenvalue weighted by atomic mass is 16.5. The third kappa shape index (κ3) is 5.67. The molecule has 0 aliphatic heterocycles. The van der Waals surface area contributed by atoms with Gasteiger partial charge in [0.05, 0.1) is 26.5 Å². The highest BCUT2D eigenvalue weighted by molar-refractivity contribution is 5.79. The average molecular weight is 342 g/mol. The highest BCUT2D eigenvalue weighted by Crippen LogP contribution is 2.13. The summed E-state index contributed by atoms with van der Waals surface area (Å²) in [5, 5.41) is 3.32. The summed E-state index contributed by atoms with van der Waals surface area (Å²) in [5.41, 5.74) is 2.06. The molecule has 6 heteroatoms. The number of pyridine rings is 1. The lowest BCUT2D eigenvalue weighted by atomic mass is 10.2. The van der Waals surface area contributed by atoms with E-state index < -0.39 is 0 Å². The normalized spacial score (nSPS) is 11.1. The molecule has 134 valence electrons. The smallest absolute Gasteiger partial charge is 0.213 e. The summed E-state index contributed by atoms with van der Waals surface area (Å²) in [6.07, 6.45) is 0. The van der Waals surface area contributed by atoms with Gasteiger partial charge in [0.15, 0.2) is 5.96 Å². The van der Waals surface area contributed by atoms with Crippen LogP contribution in [0.15, 0.2) is 47.5 Å². The Morgan fingerprint density at radius 1 is 1.12 bits per heavy atom. The molecule has 0 saturated carbocycles. The third-order valence-corrected chi connectivity index (χ3v) is 3.66. The van der Waals surface area contributed by atoms with Gasteiger partial charge >= 0.3 is 0 Å². The molecule has 1 aromatic heterocycles. The van der Waals surface area contributed by atoms with Crippen molar-refractivity contribution in [2.45, 2.75) is 20.0 Å². The molecule has 0 unspecified atom stereocenters. The predicted octanol–water partition coefficient (Wildman–Crippen LogP) is 2.70. The van der Waals surface area contributed by atoms with Crippen LogP contribution < -0.4 is 14.8 Å². The van der Waals surface area contributed by atoms with E-state index in [2.05, 4.69) is 39.2 Å². The van der Waals surface area contributed by atoms with Crippen molar-refractivity contribution in [1.82, 2.24) is 15.2 Å². The van der Waals surface area contributed by atoms with E-state index in [4.69, 9.17) is 9.47 Å². The summed E-state index contributed by atoms with van der Waals surface area (Å²) in [6.45, 7) is 4.10. The molecule has 25 heavy (non-hydrogen) atoms. The number of rotatable bonds is 7. The lowest BCUT2D eigenvalue weighted by Crippen LogP contribution is -2.38. The third-order valence-electron chi connectivity index (χ3n) is 3.66. The fourth-order valence-corrected chi connectivity index (χ4v) is 2.36. The molecule has 0 bridgehead atoms. The van der Waals surface area contributed by atoms with Gasteiger partial charge in [0, 0.05) is 26.2 Å². The second-order valence-corrected chi connectivity index (χ2v) is 5.55. The Morgan fingerprint density at radius 2 is 1.88 bits per heavy atom. The number of methoxy groups -OCH3 is 2. The lowest BCUT2D eigenvalue weighted by molar-refractivity contribution is 0.396. The molecule has 0 spiro atoms. The van der Waals surface area contributed by atoms with Crippen LogP contribution in [0.3, 0.4) is 0 Å². The first-order valence-electron chi connectivity index (χ1n) is 8.28. The minimum atomic E-state index is 0.493. The van der Waals surface area contributed by atoms with Gasteiger partial charge < -0.3 is 19.7 Å². The predicted molar refractivity (Wildman–Crippen MR) is 100 cm³/mol. The van der Waals surface area contributed by atoms with E-state index in [0.29, 0.717) is 12.4 Å². The number of benzene rings is 1. The maximum Gasteiger partial charge on any atom is 0.213 e. The highest BCUT2D eigenvalue weighted by Gasteiger charge is 2.07. The van der Waals surface area contributed by atoms with Gasteiger partial charge in [-0.05, 0) is 30.7 Å². The molecule has 1 N–H and O–H groups in total. The number of aromatic nitrogens is 1. The number of ether oxygens (including phenoxy) is 2. The van der Waals surface area contributed by atoms with E-state index in [1.807, 2.05) is 37.4 Å². The van der Waals surface area contributed by atoms with Gasteiger partial charge in [-0.25, -0.2) is 9.98 Å². The number of guanidine groups is 1. The van der Waals surface area contributed by atoms with E-state index in [1.54, 1.807) is 14.2 Å². The van der Waals surface area contributed by atoms with Crippen molar-refractivity contribution in [2.75, 3.05) is 27.8 Å². The van der Waals surface area contributed by atoms with E-state index in [-0.39, 0.29) is 0 Å². The van der Waals surface area contributed by atoms with Crippen LogP contribution in [0.5, 0.6) is 11.6 Å². The van der Waals surface area contributed by atoms with Crippen LogP contribution in [0.4, 0.5) is 0 Å². The van der Waals surface area contributed by atoms with E-state index >= 15 is 0 Å². The lowest BCUT2D eigenvalue weighted by Gasteiger charge is -2.22. The Labute approximate surface area is 149 Å². The molecule has 1 heterocycles. The van der Waals surface area contributed by atoms with Crippen LogP contribution in [0.1, 0.15) is 18.2 Å². The van der Waals surface area contributed by atoms with Gasteiger partial charge in [-0.1, -0.05) is 18.2 Å². The molecule has 0 radical (unpaired) electrons. The Bertz CT molecular complexity index is 686. The molecule has 6 nitrogen and oxygen atoms in total. The largest absolute Gasteiger partial charge is 0.497 e. The molecule has 0 atom stereocenters. The van der Waals surface area contributed by atoms with Crippen LogP contribution in [-0.4, -0.2) is 43.7 Å². The quantitative estimate of drug-likeness (QED) is 0.619. The summed E-state index contributed by atoms with van der Waals surface area (Å²) in [7, 11) is 5.30. The average Bonchev–Trinajstić information content (AvgIpc) is 2.65. The molecule has 0 amide bonds. The molecule has 0 aliphatic carbocycles. The fraction of sp³-hybridized carbons (Fsp3) is 0.368. The number of nitrogens with zero attached hydrogens (tertiary/aromatic N) is 3. The maximum absolute atomic E-state index is 5.20. The van der Waals surface area contributed by atoms with Crippen molar-refractivity contribution in [3.8, 4) is 11.6 Å². The monoisotopic (exact) mass is 342 g/mol. The molecular formula is C19H26N4O2. The van der Waals surface area contributed by atoms with Gasteiger partial charge in [-0.2, -0.15) is 0 Å². The molecule has 0 saturated heterocycles. The second-order valence-electron chi connectivity index (χ2n) is 5.55. The molecule has 2 aromatic rings. The maximum atomic E-state index is 5.20. The van der Waals surface area contributed by atoms with Crippen LogP contribution in [0.2, 0.25) is 0 Å². The summed E-state index contributed by atoms with van der Waals surface area (Å²) >= 11 is 0. The zero-order valence-electron chi connectivity index (χ0n) is 15.3. The van der Waals surface area contributed by atoms with Crippen molar-refractivity contribution < 1.29 is 9.47 Å². The van der Waals surface area contributed by atoms with Gasteiger partial charge in [0.25, 0.3) is 0 Å². The SMILES string of the molecule is CCNC(=NCc1cccc(OC)n1)N(C)Cc1ccc(OC)cc1. The minimum Gasteiger partial charge on any atom is -0.497 e. The molecule has 0 fully saturated rings. The van der Waals surface area contributed by atoms with Crippen molar-refractivity contribution in [3.05, 3.63) is 53.7 Å². The minimum absolute atomic E-state index is 0.493. The van der Waals surface area contributed by atoms with Gasteiger partial charge in [0.2, 0.25) is 5.88 Å². The van der Waals surface area contributed by atoms with Crippen LogP contribution in [0.25, 0.3) is 0 Å². The van der Waals surface area contributed by atoms with Gasteiger partial charge in [0.1, 0.15) is 5.75 Å². The molecule has 2 rings (SSSR count). The van der Waals surface area contributed by atoms with Gasteiger partial charge in [-0.3, -0.25) is 0 Å². The second kappa shape index (κ2) is 9.52. The van der Waals surface area contributed by atoms with Crippen molar-refractivity contribution >= 4 is 5.96 Å². The summed E-state index contributed by atoms with van der Waals surface area (Å²) < 4.78 is 10.4. The van der Waals surface area contributed by atoms with Crippen LogP contribution in [-0.2, 0) is 13.1 Å². The van der Waals surface area contributed by atoms with Crippen LogP contribution >= 0.6 is 0 Å². The first kappa shape index (κ1) is 18.6. The Kier molecular flexibility index (Phi) is 7.07. The topological polar surface area (TPSA) is 59.0 Å². The summed E-state index contributed by atoms with van der Waals surface area (Å²) in [4.78, 5) is 11.2. The van der Waals surface area contributed by atoms with Crippen molar-refractivity contribution in [3.63, 3.8) is 0 Å². The number of hydrogen-bond acceptors (Lipinski definition) is 4. The Morgan fingerprint density at radius 3 is 2.52 bits per heavy atom. The molecular weight excluding hydrogens is 316 g/mol. The van der Waals surface area contributed by atoms with E-state index in [9.17, 15) is 0 Å². The zero-order chi connectivity index (χ0) is 18.1. The van der Waals surface area contributed by atoms with E-state index in [1.165, 1.54) is 5.56 Å². The van der Waals surface area contributed by atoms with E-state index in [0.717, 1.165) is 30.5 Å². The molecule has 1 aromatic carbocycles.